The summed E-state index contributed by atoms with van der Waals surface area (Å²) in [6, 6.07) is 0. The van der Waals surface area contributed by atoms with Gasteiger partial charge in [0.25, 0.3) is 0 Å². The minimum Gasteiger partial charge on any atom is -0.341 e. The molecule has 0 aromatic heterocycles. The predicted molar refractivity (Wildman–Crippen MR) is 74.3 cm³/mol. The Bertz CT molecular complexity index is 240. The van der Waals surface area contributed by atoms with Crippen LogP contribution in [0.1, 0.15) is 52.9 Å². The largest absolute Gasteiger partial charge is 0.341 e. The van der Waals surface area contributed by atoms with E-state index in [4.69, 9.17) is 5.73 Å². The Morgan fingerprint density at radius 2 is 1.94 bits per heavy atom. The normalized spacial score (nSPS) is 18.1. The number of hydrogen-bond acceptors (Lipinski definition) is 2. The van der Waals surface area contributed by atoms with Gasteiger partial charge in [0, 0.05) is 13.1 Å². The molecule has 1 saturated carbocycles. The van der Waals surface area contributed by atoms with E-state index in [1.165, 1.54) is 12.8 Å². The van der Waals surface area contributed by atoms with E-state index in [9.17, 15) is 4.79 Å². The van der Waals surface area contributed by atoms with Gasteiger partial charge in [-0.15, -0.1) is 12.4 Å². The smallest absolute Gasteiger partial charge is 0.242 e. The lowest BCUT2D eigenvalue weighted by molar-refractivity contribution is -0.137. The molecule has 17 heavy (non-hydrogen) atoms. The van der Waals surface area contributed by atoms with Crippen molar-refractivity contribution in [2.24, 2.45) is 11.7 Å². The Labute approximate surface area is 112 Å². The second kappa shape index (κ2) is 7.22. The summed E-state index contributed by atoms with van der Waals surface area (Å²) in [7, 11) is 0. The van der Waals surface area contributed by atoms with E-state index in [2.05, 4.69) is 13.8 Å². The van der Waals surface area contributed by atoms with Crippen LogP contribution >= 0.6 is 12.4 Å². The number of rotatable bonds is 7. The average Bonchev–Trinajstić information content (AvgIpc) is 3.00. The van der Waals surface area contributed by atoms with Gasteiger partial charge in [-0.1, -0.05) is 20.3 Å². The molecule has 0 aromatic rings. The minimum atomic E-state index is -0.668. The summed E-state index contributed by atoms with van der Waals surface area (Å²) in [4.78, 5) is 14.3. The first-order valence-corrected chi connectivity index (χ1v) is 6.59. The van der Waals surface area contributed by atoms with E-state index in [-0.39, 0.29) is 18.3 Å². The molecule has 0 radical (unpaired) electrons. The maximum absolute atomic E-state index is 12.3. The molecule has 102 valence electrons. The Hall–Kier alpha value is -0.280. The number of carbonyl (C=O) groups is 1. The highest BCUT2D eigenvalue weighted by molar-refractivity contribution is 5.86. The summed E-state index contributed by atoms with van der Waals surface area (Å²) in [6.45, 7) is 7.83. The number of nitrogens with two attached hydrogens (primary N) is 1. The molecule has 1 atom stereocenters. The molecule has 0 aromatic carbocycles. The monoisotopic (exact) mass is 262 g/mol. The second-order valence-electron chi connectivity index (χ2n) is 5.36. The van der Waals surface area contributed by atoms with Crippen LogP contribution in [0.2, 0.25) is 0 Å². The number of nitrogens with zero attached hydrogens (tertiary/aromatic N) is 1. The van der Waals surface area contributed by atoms with Crippen molar-refractivity contribution in [2.45, 2.75) is 58.4 Å². The molecule has 1 fully saturated rings. The van der Waals surface area contributed by atoms with Crippen molar-refractivity contribution in [3.8, 4) is 0 Å². The highest BCUT2D eigenvalue weighted by Crippen LogP contribution is 2.30. The molecule has 3 nitrogen and oxygen atoms in total. The van der Waals surface area contributed by atoms with Gasteiger partial charge >= 0.3 is 0 Å². The fraction of sp³-hybridized carbons (Fsp3) is 0.923. The summed E-state index contributed by atoms with van der Waals surface area (Å²) in [5.41, 5.74) is 5.44. The van der Waals surface area contributed by atoms with Gasteiger partial charge in [0.05, 0.1) is 5.54 Å². The Morgan fingerprint density at radius 3 is 2.35 bits per heavy atom. The van der Waals surface area contributed by atoms with Crippen molar-refractivity contribution in [3.05, 3.63) is 0 Å². The van der Waals surface area contributed by atoms with Crippen molar-refractivity contribution in [1.82, 2.24) is 4.90 Å². The number of hydrogen-bond donors (Lipinski definition) is 1. The van der Waals surface area contributed by atoms with Crippen molar-refractivity contribution in [3.63, 3.8) is 0 Å². The first kappa shape index (κ1) is 16.7. The molecule has 0 aliphatic heterocycles. The molecule has 0 heterocycles. The first-order valence-electron chi connectivity index (χ1n) is 6.59. The van der Waals surface area contributed by atoms with E-state index in [0.29, 0.717) is 0 Å². The van der Waals surface area contributed by atoms with Crippen LogP contribution in [-0.2, 0) is 4.79 Å². The lowest BCUT2D eigenvalue weighted by Gasteiger charge is -2.31. The predicted octanol–water partition coefficient (Wildman–Crippen LogP) is 2.57. The van der Waals surface area contributed by atoms with E-state index in [0.717, 1.165) is 38.3 Å². The quantitative estimate of drug-likeness (QED) is 0.767. The van der Waals surface area contributed by atoms with Gasteiger partial charge in [0.15, 0.2) is 0 Å². The van der Waals surface area contributed by atoms with Crippen LogP contribution in [0, 0.1) is 5.92 Å². The fourth-order valence-electron chi connectivity index (χ4n) is 2.15. The molecule has 4 heteroatoms. The topological polar surface area (TPSA) is 46.3 Å². The Balaban J connectivity index is 0.00000256. The fourth-order valence-corrected chi connectivity index (χ4v) is 2.15. The lowest BCUT2D eigenvalue weighted by atomic mass is 9.95. The van der Waals surface area contributed by atoms with Crippen LogP contribution in [0.4, 0.5) is 0 Å². The third kappa shape index (κ3) is 5.26. The SMILES string of the molecule is CCCN(CC1CC1)C(=O)C(C)(N)CCC.Cl. The van der Waals surface area contributed by atoms with Crippen LogP contribution in [0.5, 0.6) is 0 Å². The molecule has 1 rings (SSSR count). The summed E-state index contributed by atoms with van der Waals surface area (Å²) in [5.74, 6) is 0.885. The summed E-state index contributed by atoms with van der Waals surface area (Å²) in [6.07, 6.45) is 5.31. The van der Waals surface area contributed by atoms with Gasteiger partial charge in [0.2, 0.25) is 5.91 Å². The lowest BCUT2D eigenvalue weighted by Crippen LogP contribution is -2.53. The minimum absolute atomic E-state index is 0. The van der Waals surface area contributed by atoms with Gasteiger partial charge in [-0.3, -0.25) is 4.79 Å². The van der Waals surface area contributed by atoms with E-state index >= 15 is 0 Å². The highest BCUT2D eigenvalue weighted by atomic mass is 35.5. The molecule has 0 saturated heterocycles. The highest BCUT2D eigenvalue weighted by Gasteiger charge is 2.34. The van der Waals surface area contributed by atoms with Gasteiger partial charge in [0.1, 0.15) is 0 Å². The van der Waals surface area contributed by atoms with Gasteiger partial charge < -0.3 is 10.6 Å². The third-order valence-electron chi connectivity index (χ3n) is 3.21. The zero-order valence-electron chi connectivity index (χ0n) is 11.4. The first-order chi connectivity index (χ1) is 7.51. The molecule has 1 aliphatic carbocycles. The van der Waals surface area contributed by atoms with Crippen LogP contribution in [-0.4, -0.2) is 29.4 Å². The van der Waals surface area contributed by atoms with Crippen LogP contribution < -0.4 is 5.73 Å². The van der Waals surface area contributed by atoms with Crippen molar-refractivity contribution >= 4 is 18.3 Å². The Kier molecular flexibility index (Phi) is 7.10. The summed E-state index contributed by atoms with van der Waals surface area (Å²) < 4.78 is 0. The van der Waals surface area contributed by atoms with Crippen LogP contribution in [0.15, 0.2) is 0 Å². The zero-order valence-corrected chi connectivity index (χ0v) is 12.2. The molecule has 1 aliphatic rings. The van der Waals surface area contributed by atoms with Gasteiger partial charge in [-0.05, 0) is 38.5 Å². The number of carbonyl (C=O) groups excluding carboxylic acids is 1. The number of halogens is 1. The zero-order chi connectivity index (χ0) is 12.2. The van der Waals surface area contributed by atoms with Crippen molar-refractivity contribution < 1.29 is 4.79 Å². The van der Waals surface area contributed by atoms with Crippen molar-refractivity contribution in [2.75, 3.05) is 13.1 Å². The molecular weight excluding hydrogens is 236 g/mol. The van der Waals surface area contributed by atoms with Crippen LogP contribution in [0.25, 0.3) is 0 Å². The van der Waals surface area contributed by atoms with E-state index in [1.807, 2.05) is 11.8 Å². The average molecular weight is 263 g/mol. The standard InChI is InChI=1S/C13H26N2O.ClH/c1-4-8-13(3,14)12(16)15(9-5-2)10-11-6-7-11;/h11H,4-10,14H2,1-3H3;1H. The molecule has 1 unspecified atom stereocenters. The second-order valence-corrected chi connectivity index (χ2v) is 5.36. The van der Waals surface area contributed by atoms with Gasteiger partial charge in [-0.2, -0.15) is 0 Å². The van der Waals surface area contributed by atoms with Crippen molar-refractivity contribution in [1.29, 1.82) is 0 Å². The van der Waals surface area contributed by atoms with Gasteiger partial charge in [-0.25, -0.2) is 0 Å². The molecule has 1 amide bonds. The molecule has 0 bridgehead atoms. The number of amides is 1. The molecule has 2 N–H and O–H groups in total. The maximum Gasteiger partial charge on any atom is 0.242 e. The summed E-state index contributed by atoms with van der Waals surface area (Å²) >= 11 is 0. The van der Waals surface area contributed by atoms with E-state index in [1.54, 1.807) is 0 Å². The molecular formula is C13H27ClN2O. The summed E-state index contributed by atoms with van der Waals surface area (Å²) in [5, 5.41) is 0. The van der Waals surface area contributed by atoms with E-state index < -0.39 is 5.54 Å². The van der Waals surface area contributed by atoms with Crippen LogP contribution in [0.3, 0.4) is 0 Å². The maximum atomic E-state index is 12.3. The Morgan fingerprint density at radius 1 is 1.35 bits per heavy atom. The molecule has 0 spiro atoms. The third-order valence-corrected chi connectivity index (χ3v) is 3.21.